The lowest BCUT2D eigenvalue weighted by atomic mass is 10.2. The van der Waals surface area contributed by atoms with Crippen LogP contribution >= 0.6 is 22.6 Å². The number of likely N-dealkylation sites (N-methyl/N-ethyl adjacent to an activating group) is 1. The first kappa shape index (κ1) is 13.9. The Labute approximate surface area is 121 Å². The van der Waals surface area contributed by atoms with Crippen molar-refractivity contribution in [3.05, 3.63) is 21.5 Å². The van der Waals surface area contributed by atoms with Gasteiger partial charge in [-0.15, -0.1) is 0 Å². The van der Waals surface area contributed by atoms with E-state index in [1.54, 1.807) is 6.07 Å². The lowest BCUT2D eigenvalue weighted by Gasteiger charge is -2.24. The van der Waals surface area contributed by atoms with Gasteiger partial charge in [0.2, 0.25) is 0 Å². The molecule has 3 nitrogen and oxygen atoms in total. The standard InChI is InChI=1S/C13H19FIN3/c1-17(6-7-18-4-2-3-5-18)13-8-10(14)11(15)9-12(13)16/h8-9H,2-7,16H2,1H3. The van der Waals surface area contributed by atoms with Crippen LogP contribution in [0, 0.1) is 9.39 Å². The van der Waals surface area contributed by atoms with Gasteiger partial charge in [-0.25, -0.2) is 4.39 Å². The van der Waals surface area contributed by atoms with Crippen LogP contribution in [0.2, 0.25) is 0 Å². The highest BCUT2D eigenvalue weighted by atomic mass is 127. The molecular formula is C13H19FIN3. The molecule has 0 radical (unpaired) electrons. The number of hydrogen-bond donors (Lipinski definition) is 1. The van der Waals surface area contributed by atoms with E-state index >= 15 is 0 Å². The molecule has 0 saturated carbocycles. The summed E-state index contributed by atoms with van der Waals surface area (Å²) in [5.74, 6) is -0.201. The Hall–Kier alpha value is -0.560. The molecule has 2 N–H and O–H groups in total. The van der Waals surface area contributed by atoms with Crippen molar-refractivity contribution in [3.63, 3.8) is 0 Å². The minimum atomic E-state index is -0.201. The first-order valence-electron chi connectivity index (χ1n) is 6.26. The van der Waals surface area contributed by atoms with Crippen molar-refractivity contribution < 1.29 is 4.39 Å². The van der Waals surface area contributed by atoms with Gasteiger partial charge in [-0.3, -0.25) is 0 Å². The van der Waals surface area contributed by atoms with Crippen LogP contribution in [0.1, 0.15) is 12.8 Å². The van der Waals surface area contributed by atoms with E-state index < -0.39 is 0 Å². The average molecular weight is 363 g/mol. The Balaban J connectivity index is 1.99. The molecule has 0 aliphatic carbocycles. The summed E-state index contributed by atoms with van der Waals surface area (Å²) in [7, 11) is 1.97. The van der Waals surface area contributed by atoms with Crippen molar-refractivity contribution in [1.82, 2.24) is 4.90 Å². The Bertz CT molecular complexity index is 419. The molecule has 1 aliphatic rings. The molecule has 100 valence electrons. The monoisotopic (exact) mass is 363 g/mol. The zero-order valence-corrected chi connectivity index (χ0v) is 12.8. The van der Waals surface area contributed by atoms with Gasteiger partial charge in [0.25, 0.3) is 0 Å². The second-order valence-corrected chi connectivity index (χ2v) is 5.96. The average Bonchev–Trinajstić information content (AvgIpc) is 2.84. The van der Waals surface area contributed by atoms with Gasteiger partial charge in [0.1, 0.15) is 5.82 Å². The predicted octanol–water partition coefficient (Wildman–Crippen LogP) is 2.54. The molecule has 18 heavy (non-hydrogen) atoms. The maximum Gasteiger partial charge on any atom is 0.138 e. The second-order valence-electron chi connectivity index (χ2n) is 4.80. The van der Waals surface area contributed by atoms with Crippen LogP contribution in [0.3, 0.4) is 0 Å². The lowest BCUT2D eigenvalue weighted by molar-refractivity contribution is 0.346. The highest BCUT2D eigenvalue weighted by Crippen LogP contribution is 2.26. The molecule has 0 bridgehead atoms. The van der Waals surface area contributed by atoms with Gasteiger partial charge in [0.05, 0.1) is 14.9 Å². The molecule has 1 heterocycles. The summed E-state index contributed by atoms with van der Waals surface area (Å²) in [5, 5.41) is 0. The third kappa shape index (κ3) is 3.26. The molecular weight excluding hydrogens is 344 g/mol. The van der Waals surface area contributed by atoms with Gasteiger partial charge in [0, 0.05) is 26.2 Å². The molecule has 0 amide bonds. The highest BCUT2D eigenvalue weighted by Gasteiger charge is 2.14. The van der Waals surface area contributed by atoms with Crippen molar-refractivity contribution in [1.29, 1.82) is 0 Å². The molecule has 1 aliphatic heterocycles. The van der Waals surface area contributed by atoms with Gasteiger partial charge >= 0.3 is 0 Å². The molecule has 0 unspecified atom stereocenters. The summed E-state index contributed by atoms with van der Waals surface area (Å²) in [4.78, 5) is 4.47. The van der Waals surface area contributed by atoms with E-state index in [0.717, 1.165) is 18.8 Å². The van der Waals surface area contributed by atoms with Gasteiger partial charge in [-0.1, -0.05) is 0 Å². The maximum atomic E-state index is 13.6. The largest absolute Gasteiger partial charge is 0.397 e. The first-order chi connectivity index (χ1) is 8.58. The minimum Gasteiger partial charge on any atom is -0.397 e. The summed E-state index contributed by atoms with van der Waals surface area (Å²) in [6.07, 6.45) is 2.59. The number of likely N-dealkylation sites (tertiary alicyclic amines) is 1. The number of hydrogen-bond acceptors (Lipinski definition) is 3. The van der Waals surface area contributed by atoms with Crippen molar-refractivity contribution in [3.8, 4) is 0 Å². The second kappa shape index (κ2) is 6.06. The molecule has 0 atom stereocenters. The van der Waals surface area contributed by atoms with Gasteiger partial charge in [0.15, 0.2) is 0 Å². The number of nitrogens with zero attached hydrogens (tertiary/aromatic N) is 2. The van der Waals surface area contributed by atoms with E-state index in [2.05, 4.69) is 4.90 Å². The summed E-state index contributed by atoms with van der Waals surface area (Å²) in [6, 6.07) is 3.22. The van der Waals surface area contributed by atoms with Crippen LogP contribution in [0.5, 0.6) is 0 Å². The van der Waals surface area contributed by atoms with Crippen LogP contribution < -0.4 is 10.6 Å². The number of benzene rings is 1. The lowest BCUT2D eigenvalue weighted by Crippen LogP contribution is -2.31. The number of anilines is 2. The number of halogens is 2. The SMILES string of the molecule is CN(CCN1CCCC1)c1cc(F)c(I)cc1N. The number of rotatable bonds is 4. The summed E-state index contributed by atoms with van der Waals surface area (Å²) >= 11 is 1.96. The van der Waals surface area contributed by atoms with Crippen molar-refractivity contribution in [2.75, 3.05) is 43.9 Å². The molecule has 0 spiro atoms. The molecule has 2 rings (SSSR count). The zero-order valence-electron chi connectivity index (χ0n) is 10.6. The highest BCUT2D eigenvalue weighted by molar-refractivity contribution is 14.1. The molecule has 1 fully saturated rings. The topological polar surface area (TPSA) is 32.5 Å². The van der Waals surface area contributed by atoms with Crippen molar-refractivity contribution in [2.24, 2.45) is 0 Å². The van der Waals surface area contributed by atoms with Gasteiger partial charge in [-0.2, -0.15) is 0 Å². The van der Waals surface area contributed by atoms with Crippen LogP contribution in [0.4, 0.5) is 15.8 Å². The van der Waals surface area contributed by atoms with E-state index in [0.29, 0.717) is 9.26 Å². The fraction of sp³-hybridized carbons (Fsp3) is 0.538. The zero-order chi connectivity index (χ0) is 13.1. The Morgan fingerprint density at radius 1 is 1.39 bits per heavy atom. The van der Waals surface area contributed by atoms with Crippen molar-refractivity contribution in [2.45, 2.75) is 12.8 Å². The quantitative estimate of drug-likeness (QED) is 0.659. The third-order valence-electron chi connectivity index (χ3n) is 3.43. The molecule has 5 heteroatoms. The van der Waals surface area contributed by atoms with Gasteiger partial charge in [-0.05, 0) is 54.6 Å². The normalized spacial score (nSPS) is 16.2. The van der Waals surface area contributed by atoms with Gasteiger partial charge < -0.3 is 15.5 Å². The predicted molar refractivity (Wildman–Crippen MR) is 82.5 cm³/mol. The molecule has 1 aromatic carbocycles. The molecule has 1 saturated heterocycles. The Morgan fingerprint density at radius 3 is 2.72 bits per heavy atom. The van der Waals surface area contributed by atoms with E-state index in [9.17, 15) is 4.39 Å². The Morgan fingerprint density at radius 2 is 2.06 bits per heavy atom. The number of nitrogens with two attached hydrogens (primary N) is 1. The summed E-state index contributed by atoms with van der Waals surface area (Å²) in [5.41, 5.74) is 7.38. The van der Waals surface area contributed by atoms with Crippen LogP contribution in [-0.4, -0.2) is 38.1 Å². The molecule has 0 aromatic heterocycles. The minimum absolute atomic E-state index is 0.201. The first-order valence-corrected chi connectivity index (χ1v) is 7.34. The van der Waals surface area contributed by atoms with E-state index in [4.69, 9.17) is 5.73 Å². The number of nitrogen functional groups attached to an aromatic ring is 1. The summed E-state index contributed by atoms with van der Waals surface area (Å²) < 4.78 is 14.1. The summed E-state index contributed by atoms with van der Waals surface area (Å²) in [6.45, 7) is 4.27. The maximum absolute atomic E-state index is 13.6. The van der Waals surface area contributed by atoms with Crippen LogP contribution in [0.15, 0.2) is 12.1 Å². The van der Waals surface area contributed by atoms with E-state index in [1.165, 1.54) is 32.0 Å². The van der Waals surface area contributed by atoms with Crippen LogP contribution in [0.25, 0.3) is 0 Å². The Kier molecular flexibility index (Phi) is 4.66. The van der Waals surface area contributed by atoms with Crippen LogP contribution in [-0.2, 0) is 0 Å². The fourth-order valence-electron chi connectivity index (χ4n) is 2.30. The van der Waals surface area contributed by atoms with Crippen molar-refractivity contribution >= 4 is 34.0 Å². The fourth-order valence-corrected chi connectivity index (χ4v) is 2.79. The van der Waals surface area contributed by atoms with E-state index in [1.807, 2.05) is 34.5 Å². The molecule has 1 aromatic rings. The third-order valence-corrected chi connectivity index (χ3v) is 4.26. The smallest absolute Gasteiger partial charge is 0.138 e. The van der Waals surface area contributed by atoms with E-state index in [-0.39, 0.29) is 5.82 Å².